The maximum atomic E-state index is 11.8. The summed E-state index contributed by atoms with van der Waals surface area (Å²) in [5, 5.41) is 4.15. The summed E-state index contributed by atoms with van der Waals surface area (Å²) in [4.78, 5) is 28.6. The Morgan fingerprint density at radius 2 is 2.16 bits per heavy atom. The second-order valence-corrected chi connectivity index (χ2v) is 4.06. The molecular formula is C13H10KN3O2. The van der Waals surface area contributed by atoms with Gasteiger partial charge in [-0.15, -0.1) is 10.8 Å². The van der Waals surface area contributed by atoms with E-state index in [4.69, 9.17) is 0 Å². The second-order valence-electron chi connectivity index (χ2n) is 4.06. The van der Waals surface area contributed by atoms with Crippen molar-refractivity contribution < 1.29 is 61.0 Å². The molecule has 0 radical (unpaired) electrons. The molecule has 6 heteroatoms. The Labute approximate surface area is 152 Å². The third-order valence-corrected chi connectivity index (χ3v) is 2.93. The molecule has 0 aliphatic carbocycles. The molecule has 1 N–H and O–H groups in total. The number of nitrogens with zero attached hydrogens (tertiary/aromatic N) is 2. The van der Waals surface area contributed by atoms with Crippen molar-refractivity contribution in [2.45, 2.75) is 6.42 Å². The summed E-state index contributed by atoms with van der Waals surface area (Å²) < 4.78 is 0. The largest absolute Gasteiger partial charge is 1.00 e. The monoisotopic (exact) mass is 279 g/mol. The molecule has 0 saturated carbocycles. The van der Waals surface area contributed by atoms with Gasteiger partial charge in [0.1, 0.15) is 0 Å². The van der Waals surface area contributed by atoms with E-state index < -0.39 is 6.03 Å². The van der Waals surface area contributed by atoms with Gasteiger partial charge >= 0.3 is 57.4 Å². The second kappa shape index (κ2) is 6.11. The zero-order chi connectivity index (χ0) is 12.5. The first-order chi connectivity index (χ1) is 8.75. The molecule has 3 amide bonds. The third kappa shape index (κ3) is 2.87. The number of carbonyl (C=O) groups is 2. The fraction of sp³-hybridized carbons (Fsp3) is 0.154. The number of imide groups is 1. The van der Waals surface area contributed by atoms with Gasteiger partial charge < -0.3 is 0 Å². The number of benzene rings is 1. The molecule has 90 valence electrons. The van der Waals surface area contributed by atoms with Crippen LogP contribution < -0.4 is 61.6 Å². The van der Waals surface area contributed by atoms with Gasteiger partial charge in [0.05, 0.1) is 0 Å². The first-order valence-corrected chi connectivity index (χ1v) is 5.61. The van der Waals surface area contributed by atoms with Crippen molar-refractivity contribution in [2.75, 3.05) is 11.4 Å². The van der Waals surface area contributed by atoms with E-state index in [2.05, 4.69) is 16.4 Å². The van der Waals surface area contributed by atoms with E-state index in [9.17, 15) is 9.59 Å². The van der Waals surface area contributed by atoms with Crippen LogP contribution in [0.2, 0.25) is 0 Å². The van der Waals surface area contributed by atoms with E-state index in [1.54, 1.807) is 18.5 Å². The number of rotatable bonds is 1. The number of nitrogens with one attached hydrogen (secondary N) is 1. The predicted molar refractivity (Wildman–Crippen MR) is 66.1 cm³/mol. The van der Waals surface area contributed by atoms with Gasteiger partial charge in [0.15, 0.2) is 0 Å². The smallest absolute Gasteiger partial charge is 0.294 e. The van der Waals surface area contributed by atoms with Crippen molar-refractivity contribution in [3.8, 4) is 0 Å². The molecule has 19 heavy (non-hydrogen) atoms. The Balaban J connectivity index is 0.00000133. The Bertz CT molecular complexity index is 639. The summed E-state index contributed by atoms with van der Waals surface area (Å²) in [5.41, 5.74) is 0.714. The number of pyridine rings is 1. The topological polar surface area (TPSA) is 62.3 Å². The standard InChI is InChI=1S/C13H10N3O2.K/c17-12-5-6-16(13(18)15-12)11-8-14-7-9-3-1-2-4-10(9)11;/h2-4,7-8H,5-6H2,(H,15,17,18);/q-1;+1. The zero-order valence-electron chi connectivity index (χ0n) is 10.5. The summed E-state index contributed by atoms with van der Waals surface area (Å²) in [6.45, 7) is 0.379. The van der Waals surface area contributed by atoms with Gasteiger partial charge in [-0.3, -0.25) is 20.0 Å². The first-order valence-electron chi connectivity index (χ1n) is 5.61. The van der Waals surface area contributed by atoms with Crippen LogP contribution in [-0.2, 0) is 4.79 Å². The van der Waals surface area contributed by atoms with Gasteiger partial charge in [-0.25, -0.2) is 4.79 Å². The van der Waals surface area contributed by atoms with Crippen molar-refractivity contribution in [3.05, 3.63) is 36.7 Å². The molecule has 0 unspecified atom stereocenters. The average Bonchev–Trinajstić information content (AvgIpc) is 2.38. The van der Waals surface area contributed by atoms with Crippen molar-refractivity contribution in [1.82, 2.24) is 10.3 Å². The van der Waals surface area contributed by atoms with E-state index in [1.165, 1.54) is 4.90 Å². The number of aromatic nitrogens is 1. The third-order valence-electron chi connectivity index (χ3n) is 2.93. The zero-order valence-corrected chi connectivity index (χ0v) is 13.6. The van der Waals surface area contributed by atoms with Crippen LogP contribution in [0.1, 0.15) is 6.42 Å². The van der Waals surface area contributed by atoms with Crippen molar-refractivity contribution in [3.63, 3.8) is 0 Å². The van der Waals surface area contributed by atoms with Crippen LogP contribution in [0.5, 0.6) is 0 Å². The van der Waals surface area contributed by atoms with E-state index >= 15 is 0 Å². The summed E-state index contributed by atoms with van der Waals surface area (Å²) in [7, 11) is 0. The predicted octanol–water partition coefficient (Wildman–Crippen LogP) is -1.51. The molecule has 1 aromatic carbocycles. The molecule has 1 saturated heterocycles. The molecule has 2 heterocycles. The van der Waals surface area contributed by atoms with Crippen LogP contribution >= 0.6 is 0 Å². The maximum Gasteiger partial charge on any atom is 1.00 e. The van der Waals surface area contributed by atoms with Crippen molar-refractivity contribution >= 4 is 28.4 Å². The summed E-state index contributed by atoms with van der Waals surface area (Å²) in [6.07, 6.45) is 3.67. The van der Waals surface area contributed by atoms with Gasteiger partial charge in [0.25, 0.3) is 0 Å². The van der Waals surface area contributed by atoms with Crippen molar-refractivity contribution in [1.29, 1.82) is 0 Å². The summed E-state index contributed by atoms with van der Waals surface area (Å²) >= 11 is 0. The molecule has 5 nitrogen and oxygen atoms in total. The normalized spacial score (nSPS) is 15.1. The van der Waals surface area contributed by atoms with Crippen molar-refractivity contribution in [2.24, 2.45) is 0 Å². The number of amides is 3. The van der Waals surface area contributed by atoms with Crippen LogP contribution in [0.25, 0.3) is 10.8 Å². The van der Waals surface area contributed by atoms with Gasteiger partial charge in [-0.2, -0.15) is 24.3 Å². The van der Waals surface area contributed by atoms with Gasteiger partial charge in [-0.05, 0) is 6.20 Å². The molecule has 0 spiro atoms. The Morgan fingerprint density at radius 3 is 2.95 bits per heavy atom. The number of carbonyl (C=O) groups excluding carboxylic acids is 2. The van der Waals surface area contributed by atoms with E-state index in [0.717, 1.165) is 10.8 Å². The fourth-order valence-electron chi connectivity index (χ4n) is 2.05. The Morgan fingerprint density at radius 1 is 1.32 bits per heavy atom. The Kier molecular flexibility index (Phi) is 4.70. The molecule has 0 bridgehead atoms. The van der Waals surface area contributed by atoms with Crippen LogP contribution in [0.3, 0.4) is 0 Å². The minimum absolute atomic E-state index is 0. The first kappa shape index (κ1) is 14.6. The summed E-state index contributed by atoms with van der Waals surface area (Å²) in [6, 6.07) is 8.07. The van der Waals surface area contributed by atoms with E-state index in [0.29, 0.717) is 18.7 Å². The minimum Gasteiger partial charge on any atom is -0.294 e. The number of urea groups is 1. The molecule has 1 aliphatic heterocycles. The Hall–Kier alpha value is -0.794. The minimum atomic E-state index is -0.395. The van der Waals surface area contributed by atoms with Crippen LogP contribution in [0.15, 0.2) is 30.6 Å². The molecule has 0 atom stereocenters. The van der Waals surface area contributed by atoms with E-state index in [1.807, 2.05) is 12.1 Å². The van der Waals surface area contributed by atoms with E-state index in [-0.39, 0.29) is 57.3 Å². The molecular weight excluding hydrogens is 269 g/mol. The number of fused-ring (bicyclic) bond motifs is 1. The van der Waals surface area contributed by atoms with Crippen LogP contribution in [-0.4, -0.2) is 23.5 Å². The SMILES string of the molecule is O=C1CCN(c2cncc3c[c-]ccc23)C(=O)N1.[K+]. The quantitative estimate of drug-likeness (QED) is 0.510. The molecule has 1 fully saturated rings. The molecule has 3 rings (SSSR count). The number of hydrogen-bond acceptors (Lipinski definition) is 3. The van der Waals surface area contributed by atoms with Crippen LogP contribution in [0.4, 0.5) is 10.5 Å². The van der Waals surface area contributed by atoms with Crippen LogP contribution in [0, 0.1) is 6.07 Å². The molecule has 2 aromatic rings. The average molecular weight is 279 g/mol. The van der Waals surface area contributed by atoms with Gasteiger partial charge in [-0.1, -0.05) is 0 Å². The molecule has 1 aliphatic rings. The molecule has 1 aromatic heterocycles. The van der Waals surface area contributed by atoms with Gasteiger partial charge in [0.2, 0.25) is 5.91 Å². The maximum absolute atomic E-state index is 11.8. The summed E-state index contributed by atoms with van der Waals surface area (Å²) in [5.74, 6) is -0.238. The van der Waals surface area contributed by atoms with Gasteiger partial charge in [0, 0.05) is 24.8 Å². The number of hydrogen-bond donors (Lipinski definition) is 1. The fourth-order valence-corrected chi connectivity index (χ4v) is 2.05. The number of anilines is 1.